The van der Waals surface area contributed by atoms with Gasteiger partial charge in [0.25, 0.3) is 5.91 Å². The van der Waals surface area contributed by atoms with Crippen molar-refractivity contribution in [2.45, 2.75) is 6.42 Å². The molecule has 1 amide bonds. The van der Waals surface area contributed by atoms with Gasteiger partial charge in [0.1, 0.15) is 0 Å². The van der Waals surface area contributed by atoms with Crippen LogP contribution in [0.1, 0.15) is 11.1 Å². The van der Waals surface area contributed by atoms with E-state index in [1.54, 1.807) is 11.0 Å². The third kappa shape index (κ3) is 3.92. The molecule has 0 aromatic heterocycles. The molecule has 122 valence electrons. The number of para-hydroxylation sites is 1. The van der Waals surface area contributed by atoms with Crippen molar-refractivity contribution in [3.05, 3.63) is 70.2 Å². The number of anilines is 1. The average Bonchev–Trinajstić information content (AvgIpc) is 3.02. The molecule has 4 nitrogen and oxygen atoms in total. The fraction of sp³-hybridized carbons (Fsp3) is 0.158. The lowest BCUT2D eigenvalue weighted by atomic mass is 10.2. The third-order valence-corrected chi connectivity index (χ3v) is 4.28. The number of halogens is 1. The Hall–Kier alpha value is -2.40. The Labute approximate surface area is 148 Å². The Kier molecular flexibility index (Phi) is 5.11. The van der Waals surface area contributed by atoms with Crippen LogP contribution in [-0.2, 0) is 20.7 Å². The van der Waals surface area contributed by atoms with E-state index < -0.39 is 5.97 Å². The summed E-state index contributed by atoms with van der Waals surface area (Å²) in [5.41, 5.74) is 2.93. The maximum atomic E-state index is 12.2. The molecule has 1 aliphatic rings. The second-order valence-corrected chi connectivity index (χ2v) is 6.34. The van der Waals surface area contributed by atoms with Crippen molar-refractivity contribution in [2.75, 3.05) is 18.1 Å². The summed E-state index contributed by atoms with van der Waals surface area (Å²) in [4.78, 5) is 25.7. The van der Waals surface area contributed by atoms with E-state index in [2.05, 4.69) is 15.9 Å². The molecule has 0 unspecified atom stereocenters. The minimum Gasteiger partial charge on any atom is -0.452 e. The van der Waals surface area contributed by atoms with Crippen molar-refractivity contribution in [2.24, 2.45) is 0 Å². The largest absolute Gasteiger partial charge is 0.452 e. The molecule has 5 heteroatoms. The van der Waals surface area contributed by atoms with Gasteiger partial charge in [-0.15, -0.1) is 0 Å². The van der Waals surface area contributed by atoms with Gasteiger partial charge in [-0.25, -0.2) is 4.79 Å². The number of ether oxygens (including phenoxy) is 1. The molecular weight excluding hydrogens is 370 g/mol. The quantitative estimate of drug-likeness (QED) is 0.596. The Morgan fingerprint density at radius 1 is 1.17 bits per heavy atom. The van der Waals surface area contributed by atoms with E-state index in [4.69, 9.17) is 4.74 Å². The van der Waals surface area contributed by atoms with E-state index in [1.165, 1.54) is 6.08 Å². The number of carbonyl (C=O) groups is 2. The van der Waals surface area contributed by atoms with E-state index in [-0.39, 0.29) is 12.5 Å². The number of rotatable bonds is 4. The van der Waals surface area contributed by atoms with Gasteiger partial charge in [-0.2, -0.15) is 0 Å². The van der Waals surface area contributed by atoms with E-state index >= 15 is 0 Å². The van der Waals surface area contributed by atoms with Crippen molar-refractivity contribution >= 4 is 39.6 Å². The predicted molar refractivity (Wildman–Crippen MR) is 96.6 cm³/mol. The summed E-state index contributed by atoms with van der Waals surface area (Å²) in [7, 11) is 0. The van der Waals surface area contributed by atoms with Gasteiger partial charge in [0, 0.05) is 22.8 Å². The molecule has 0 atom stereocenters. The van der Waals surface area contributed by atoms with Gasteiger partial charge in [0.05, 0.1) is 0 Å². The lowest BCUT2D eigenvalue weighted by Crippen LogP contribution is -2.33. The van der Waals surface area contributed by atoms with Crippen molar-refractivity contribution in [3.8, 4) is 0 Å². The van der Waals surface area contributed by atoms with Crippen molar-refractivity contribution in [1.29, 1.82) is 0 Å². The number of esters is 1. The monoisotopic (exact) mass is 385 g/mol. The average molecular weight is 386 g/mol. The maximum Gasteiger partial charge on any atom is 0.331 e. The number of amides is 1. The van der Waals surface area contributed by atoms with Crippen LogP contribution < -0.4 is 4.90 Å². The summed E-state index contributed by atoms with van der Waals surface area (Å²) in [5.74, 6) is -0.736. The van der Waals surface area contributed by atoms with Gasteiger partial charge in [-0.3, -0.25) is 4.79 Å². The number of hydrogen-bond donors (Lipinski definition) is 0. The van der Waals surface area contributed by atoms with Crippen LogP contribution in [0.4, 0.5) is 5.69 Å². The highest BCUT2D eigenvalue weighted by Gasteiger charge is 2.24. The highest BCUT2D eigenvalue weighted by molar-refractivity contribution is 9.10. The Morgan fingerprint density at radius 2 is 2.00 bits per heavy atom. The molecule has 0 fully saturated rings. The first-order valence-corrected chi connectivity index (χ1v) is 8.41. The maximum absolute atomic E-state index is 12.2. The number of fused-ring (bicyclic) bond motifs is 1. The molecule has 2 aromatic carbocycles. The zero-order valence-electron chi connectivity index (χ0n) is 12.9. The second kappa shape index (κ2) is 7.45. The minimum absolute atomic E-state index is 0.204. The highest BCUT2D eigenvalue weighted by atomic mass is 79.9. The Bertz CT molecular complexity index is 801. The van der Waals surface area contributed by atoms with E-state index in [0.29, 0.717) is 6.54 Å². The molecular formula is C19H16BrNO3. The van der Waals surface area contributed by atoms with Crippen LogP contribution in [-0.4, -0.2) is 25.0 Å². The summed E-state index contributed by atoms with van der Waals surface area (Å²) in [6.45, 7) is 0.375. The lowest BCUT2D eigenvalue weighted by Gasteiger charge is -2.16. The van der Waals surface area contributed by atoms with Gasteiger partial charge in [0.15, 0.2) is 6.61 Å². The van der Waals surface area contributed by atoms with E-state index in [0.717, 1.165) is 27.7 Å². The van der Waals surface area contributed by atoms with Crippen LogP contribution >= 0.6 is 15.9 Å². The van der Waals surface area contributed by atoms with Crippen LogP contribution in [0.2, 0.25) is 0 Å². The van der Waals surface area contributed by atoms with Crippen molar-refractivity contribution in [3.63, 3.8) is 0 Å². The molecule has 0 N–H and O–H groups in total. The van der Waals surface area contributed by atoms with Crippen LogP contribution in [0.25, 0.3) is 6.08 Å². The molecule has 0 saturated heterocycles. The van der Waals surface area contributed by atoms with Crippen LogP contribution in [0.5, 0.6) is 0 Å². The Balaban J connectivity index is 1.54. The molecule has 0 saturated carbocycles. The SMILES string of the molecule is O=C(C=Cc1cccc(Br)c1)OCC(=O)N1CCc2ccccc21. The van der Waals surface area contributed by atoms with Crippen molar-refractivity contribution < 1.29 is 14.3 Å². The molecule has 1 aliphatic heterocycles. The van der Waals surface area contributed by atoms with Gasteiger partial charge in [-0.05, 0) is 41.8 Å². The van der Waals surface area contributed by atoms with Crippen LogP contribution in [0.3, 0.4) is 0 Å². The third-order valence-electron chi connectivity index (χ3n) is 3.79. The zero-order valence-corrected chi connectivity index (χ0v) is 14.5. The lowest BCUT2D eigenvalue weighted by molar-refractivity contribution is -0.142. The molecule has 3 rings (SSSR count). The summed E-state index contributed by atoms with van der Waals surface area (Å²) in [6, 6.07) is 15.3. The summed E-state index contributed by atoms with van der Waals surface area (Å²) >= 11 is 3.37. The van der Waals surface area contributed by atoms with Gasteiger partial charge >= 0.3 is 5.97 Å². The van der Waals surface area contributed by atoms with Gasteiger partial charge < -0.3 is 9.64 Å². The fourth-order valence-corrected chi connectivity index (χ4v) is 3.05. The first kappa shape index (κ1) is 16.5. The zero-order chi connectivity index (χ0) is 16.9. The summed E-state index contributed by atoms with van der Waals surface area (Å²) in [6.07, 6.45) is 3.81. The molecule has 0 spiro atoms. The summed E-state index contributed by atoms with van der Waals surface area (Å²) < 4.78 is 5.99. The smallest absolute Gasteiger partial charge is 0.331 e. The van der Waals surface area contributed by atoms with Gasteiger partial charge in [0.2, 0.25) is 0 Å². The number of nitrogens with zero attached hydrogens (tertiary/aromatic N) is 1. The standard InChI is InChI=1S/C19H16BrNO3/c20-16-6-3-4-14(12-16)8-9-19(23)24-13-18(22)21-11-10-15-5-1-2-7-17(15)21/h1-9,12H,10-11,13H2. The Morgan fingerprint density at radius 3 is 2.83 bits per heavy atom. The summed E-state index contributed by atoms with van der Waals surface area (Å²) in [5, 5.41) is 0. The van der Waals surface area contributed by atoms with Crippen LogP contribution in [0, 0.1) is 0 Å². The molecule has 0 radical (unpaired) electrons. The molecule has 1 heterocycles. The number of hydrogen-bond acceptors (Lipinski definition) is 3. The predicted octanol–water partition coefficient (Wildman–Crippen LogP) is 3.59. The molecule has 24 heavy (non-hydrogen) atoms. The molecule has 0 aliphatic carbocycles. The first-order valence-electron chi connectivity index (χ1n) is 7.62. The molecule has 2 aromatic rings. The van der Waals surface area contributed by atoms with Crippen molar-refractivity contribution in [1.82, 2.24) is 0 Å². The van der Waals surface area contributed by atoms with E-state index in [9.17, 15) is 9.59 Å². The second-order valence-electron chi connectivity index (χ2n) is 5.42. The van der Waals surface area contributed by atoms with Gasteiger partial charge in [-0.1, -0.05) is 46.3 Å². The topological polar surface area (TPSA) is 46.6 Å². The molecule has 0 bridgehead atoms. The normalized spacial score (nSPS) is 13.1. The van der Waals surface area contributed by atoms with E-state index in [1.807, 2.05) is 48.5 Å². The number of carbonyl (C=O) groups excluding carboxylic acids is 2. The first-order chi connectivity index (χ1) is 11.6. The highest BCUT2D eigenvalue weighted by Crippen LogP contribution is 2.27. The minimum atomic E-state index is -0.532. The fourth-order valence-electron chi connectivity index (χ4n) is 2.63. The van der Waals surface area contributed by atoms with Crippen LogP contribution in [0.15, 0.2) is 59.1 Å². The number of benzene rings is 2.